The van der Waals surface area contributed by atoms with Crippen molar-refractivity contribution in [2.24, 2.45) is 0 Å². The summed E-state index contributed by atoms with van der Waals surface area (Å²) in [4.78, 5) is 14.5. The minimum atomic E-state index is -0.172. The van der Waals surface area contributed by atoms with Crippen molar-refractivity contribution >= 4 is 11.7 Å². The number of carbonyl (C=O) groups excluding carboxylic acids is 1. The first kappa shape index (κ1) is 18.1. The molecule has 4 rings (SSSR count). The van der Waals surface area contributed by atoms with E-state index in [0.29, 0.717) is 31.9 Å². The van der Waals surface area contributed by atoms with E-state index in [-0.39, 0.29) is 12.6 Å². The highest BCUT2D eigenvalue weighted by Crippen LogP contribution is 2.28. The second-order valence-electron chi connectivity index (χ2n) is 6.56. The van der Waals surface area contributed by atoms with Crippen LogP contribution < -0.4 is 10.1 Å². The molecule has 2 amide bonds. The number of hydrogen-bond donors (Lipinski definition) is 2. The zero-order chi connectivity index (χ0) is 19.5. The first-order chi connectivity index (χ1) is 13.7. The molecule has 0 saturated heterocycles. The average molecular weight is 381 g/mol. The number of aliphatic hydroxyl groups is 1. The molecule has 8 heteroatoms. The molecule has 0 atom stereocenters. The summed E-state index contributed by atoms with van der Waals surface area (Å²) in [7, 11) is 0. The zero-order valence-electron chi connectivity index (χ0n) is 15.7. The predicted molar refractivity (Wildman–Crippen MR) is 105 cm³/mol. The molecule has 3 heterocycles. The van der Waals surface area contributed by atoms with Gasteiger partial charge in [-0.05, 0) is 37.3 Å². The van der Waals surface area contributed by atoms with E-state index < -0.39 is 0 Å². The molecule has 0 fully saturated rings. The number of carbonyl (C=O) groups is 1. The molecule has 0 unspecified atom stereocenters. The number of nitrogens with zero attached hydrogens (tertiary/aromatic N) is 4. The normalized spacial score (nSPS) is 12.9. The lowest BCUT2D eigenvalue weighted by Crippen LogP contribution is -2.31. The fourth-order valence-corrected chi connectivity index (χ4v) is 3.41. The molecule has 2 N–H and O–H groups in total. The molecular formula is C20H23N5O3. The van der Waals surface area contributed by atoms with Crippen LogP contribution in [-0.4, -0.2) is 43.6 Å². The molecule has 28 heavy (non-hydrogen) atoms. The van der Waals surface area contributed by atoms with Gasteiger partial charge in [0.05, 0.1) is 50.4 Å². The Hall–Kier alpha value is -3.26. The van der Waals surface area contributed by atoms with E-state index in [4.69, 9.17) is 9.84 Å². The smallest absolute Gasteiger partial charge is 0.322 e. The van der Waals surface area contributed by atoms with E-state index in [1.54, 1.807) is 15.8 Å². The van der Waals surface area contributed by atoms with E-state index in [9.17, 15) is 4.79 Å². The number of urea groups is 1. The Labute approximate surface area is 162 Å². The van der Waals surface area contributed by atoms with Gasteiger partial charge < -0.3 is 24.6 Å². The third kappa shape index (κ3) is 3.46. The summed E-state index contributed by atoms with van der Waals surface area (Å²) in [5, 5.41) is 16.4. The molecule has 3 aromatic rings. The van der Waals surface area contributed by atoms with Crippen molar-refractivity contribution in [3.05, 3.63) is 60.2 Å². The minimum absolute atomic E-state index is 0.0225. The Kier molecular flexibility index (Phi) is 5.03. The Morgan fingerprint density at radius 2 is 2.11 bits per heavy atom. The van der Waals surface area contributed by atoms with E-state index in [1.165, 1.54) is 0 Å². The lowest BCUT2D eigenvalue weighted by Gasteiger charge is -2.18. The maximum atomic E-state index is 12.8. The van der Waals surface area contributed by atoms with Crippen LogP contribution in [-0.2, 0) is 19.6 Å². The highest BCUT2D eigenvalue weighted by atomic mass is 16.5. The number of amides is 2. The molecule has 0 aliphatic carbocycles. The van der Waals surface area contributed by atoms with Crippen molar-refractivity contribution in [3.63, 3.8) is 0 Å². The fraction of sp³-hybridized carbons (Fsp3) is 0.300. The topological polar surface area (TPSA) is 84.6 Å². The number of ether oxygens (including phenoxy) is 1. The van der Waals surface area contributed by atoms with Gasteiger partial charge in [-0.3, -0.25) is 4.68 Å². The van der Waals surface area contributed by atoms with Gasteiger partial charge in [0.25, 0.3) is 0 Å². The van der Waals surface area contributed by atoms with E-state index in [0.717, 1.165) is 22.7 Å². The van der Waals surface area contributed by atoms with Gasteiger partial charge in [-0.25, -0.2) is 4.79 Å². The van der Waals surface area contributed by atoms with E-state index in [2.05, 4.69) is 10.4 Å². The monoisotopic (exact) mass is 381 g/mol. The molecular weight excluding hydrogens is 358 g/mol. The standard InChI is InChI=1S/C20H23N5O3/c1-2-28-19-6-5-16(11-17(19)23-7-3-4-8-23)22-20(27)24-13-15-12-21-25(9-10-26)18(15)14-24/h3-8,11-12,26H,2,9-10,13-14H2,1H3,(H,22,27). The molecule has 0 spiro atoms. The summed E-state index contributed by atoms with van der Waals surface area (Å²) in [5.74, 6) is 0.759. The van der Waals surface area contributed by atoms with E-state index >= 15 is 0 Å². The van der Waals surface area contributed by atoms with Crippen molar-refractivity contribution < 1.29 is 14.6 Å². The molecule has 1 aliphatic rings. The third-order valence-corrected chi connectivity index (χ3v) is 4.73. The Balaban J connectivity index is 1.50. The quantitative estimate of drug-likeness (QED) is 0.687. The highest BCUT2D eigenvalue weighted by molar-refractivity contribution is 5.90. The van der Waals surface area contributed by atoms with Gasteiger partial charge in [-0.15, -0.1) is 0 Å². The van der Waals surface area contributed by atoms with Crippen molar-refractivity contribution in [1.29, 1.82) is 0 Å². The molecule has 8 nitrogen and oxygen atoms in total. The molecule has 146 valence electrons. The van der Waals surface area contributed by atoms with Crippen LogP contribution in [0.15, 0.2) is 48.9 Å². The zero-order valence-corrected chi connectivity index (χ0v) is 15.7. The molecule has 1 aromatic carbocycles. The van der Waals surface area contributed by atoms with Crippen molar-refractivity contribution in [2.45, 2.75) is 26.6 Å². The van der Waals surface area contributed by atoms with Crippen LogP contribution in [0.3, 0.4) is 0 Å². The highest BCUT2D eigenvalue weighted by Gasteiger charge is 2.27. The largest absolute Gasteiger partial charge is 0.492 e. The Morgan fingerprint density at radius 1 is 1.29 bits per heavy atom. The van der Waals surface area contributed by atoms with Crippen molar-refractivity contribution in [1.82, 2.24) is 19.2 Å². The lowest BCUT2D eigenvalue weighted by molar-refractivity contribution is 0.210. The maximum Gasteiger partial charge on any atom is 0.322 e. The SMILES string of the molecule is CCOc1ccc(NC(=O)N2Cc3cnn(CCO)c3C2)cc1-n1cccc1. The molecule has 2 aromatic heterocycles. The number of rotatable bonds is 6. The number of hydrogen-bond acceptors (Lipinski definition) is 4. The summed E-state index contributed by atoms with van der Waals surface area (Å²) < 4.78 is 9.42. The van der Waals surface area contributed by atoms with E-state index in [1.807, 2.05) is 54.2 Å². The summed E-state index contributed by atoms with van der Waals surface area (Å²) in [6.45, 7) is 3.95. The number of fused-ring (bicyclic) bond motifs is 1. The summed E-state index contributed by atoms with van der Waals surface area (Å²) in [6.07, 6.45) is 5.64. The van der Waals surface area contributed by atoms with Gasteiger partial charge in [0.15, 0.2) is 0 Å². The minimum Gasteiger partial charge on any atom is -0.492 e. The number of anilines is 1. The molecule has 0 radical (unpaired) electrons. The molecule has 0 saturated carbocycles. The van der Waals surface area contributed by atoms with Crippen LogP contribution in [0.4, 0.5) is 10.5 Å². The second-order valence-corrected chi connectivity index (χ2v) is 6.56. The summed E-state index contributed by atoms with van der Waals surface area (Å²) >= 11 is 0. The fourth-order valence-electron chi connectivity index (χ4n) is 3.41. The summed E-state index contributed by atoms with van der Waals surface area (Å²) in [5.41, 5.74) is 3.56. The van der Waals surface area contributed by atoms with Crippen LogP contribution in [0.1, 0.15) is 18.2 Å². The first-order valence-corrected chi connectivity index (χ1v) is 9.30. The average Bonchev–Trinajstić information content (AvgIpc) is 3.42. The lowest BCUT2D eigenvalue weighted by atomic mass is 10.2. The third-order valence-electron chi connectivity index (χ3n) is 4.73. The number of nitrogens with one attached hydrogen (secondary N) is 1. The number of benzene rings is 1. The molecule has 0 bridgehead atoms. The predicted octanol–water partition coefficient (Wildman–Crippen LogP) is 2.61. The van der Waals surface area contributed by atoms with Gasteiger partial charge in [0.1, 0.15) is 5.75 Å². The van der Waals surface area contributed by atoms with Gasteiger partial charge in [-0.1, -0.05) is 0 Å². The van der Waals surface area contributed by atoms with Crippen molar-refractivity contribution in [3.8, 4) is 11.4 Å². The second kappa shape index (κ2) is 7.77. The van der Waals surface area contributed by atoms with Crippen LogP contribution in [0.25, 0.3) is 5.69 Å². The summed E-state index contributed by atoms with van der Waals surface area (Å²) in [6, 6.07) is 9.32. The number of aliphatic hydroxyl groups excluding tert-OH is 1. The van der Waals surface area contributed by atoms with Crippen LogP contribution in [0.5, 0.6) is 5.75 Å². The van der Waals surface area contributed by atoms with Gasteiger partial charge >= 0.3 is 6.03 Å². The number of aromatic nitrogens is 3. The van der Waals surface area contributed by atoms with Gasteiger partial charge in [0.2, 0.25) is 0 Å². The first-order valence-electron chi connectivity index (χ1n) is 9.30. The molecule has 1 aliphatic heterocycles. The van der Waals surface area contributed by atoms with Gasteiger partial charge in [0, 0.05) is 23.6 Å². The van der Waals surface area contributed by atoms with Crippen LogP contribution >= 0.6 is 0 Å². The van der Waals surface area contributed by atoms with Crippen molar-refractivity contribution in [2.75, 3.05) is 18.5 Å². The Morgan fingerprint density at radius 3 is 2.86 bits per heavy atom. The Bertz CT molecular complexity index is 964. The van der Waals surface area contributed by atoms with Crippen LogP contribution in [0.2, 0.25) is 0 Å². The van der Waals surface area contributed by atoms with Gasteiger partial charge in [-0.2, -0.15) is 5.10 Å². The maximum absolute atomic E-state index is 12.8. The van der Waals surface area contributed by atoms with Crippen LogP contribution in [0, 0.1) is 0 Å².